The first-order valence-corrected chi connectivity index (χ1v) is 6.21. The molecule has 3 rings (SSSR count). The molecule has 0 radical (unpaired) electrons. The van der Waals surface area contributed by atoms with Gasteiger partial charge in [0.15, 0.2) is 0 Å². The lowest BCUT2D eigenvalue weighted by Crippen LogP contribution is -1.85. The van der Waals surface area contributed by atoms with Crippen molar-refractivity contribution >= 4 is 0 Å². The maximum Gasteiger partial charge on any atom is 0.258 e. The third-order valence-electron chi connectivity index (χ3n) is 3.11. The minimum atomic E-state index is 0.554. The van der Waals surface area contributed by atoms with E-state index in [4.69, 9.17) is 4.52 Å². The molecule has 0 N–H and O–H groups in total. The molecule has 0 aliphatic carbocycles. The molecule has 0 amide bonds. The van der Waals surface area contributed by atoms with Crippen molar-refractivity contribution in [2.24, 2.45) is 0 Å². The quantitative estimate of drug-likeness (QED) is 0.689. The molecule has 0 spiro atoms. The number of hydrogen-bond acceptors (Lipinski definition) is 3. The summed E-state index contributed by atoms with van der Waals surface area (Å²) >= 11 is 0. The van der Waals surface area contributed by atoms with Gasteiger partial charge in [0.1, 0.15) is 0 Å². The Morgan fingerprint density at radius 2 is 1.63 bits per heavy atom. The third kappa shape index (κ3) is 2.27. The molecule has 0 saturated heterocycles. The summed E-state index contributed by atoms with van der Waals surface area (Å²) in [6, 6.07) is 16.1. The average Bonchev–Trinajstić information content (AvgIpc) is 2.89. The standard InChI is InChI=1S/C16H14N2O/c1-11-7-9-13(10-8-11)16-17-15(18-19-16)14-6-4-3-5-12(14)2/h3-10H,1-2H3. The Hall–Kier alpha value is -2.42. The Balaban J connectivity index is 2.00. The smallest absolute Gasteiger partial charge is 0.258 e. The molecule has 0 aliphatic heterocycles. The Bertz CT molecular complexity index is 699. The van der Waals surface area contributed by atoms with Crippen molar-refractivity contribution in [1.82, 2.24) is 10.1 Å². The fourth-order valence-corrected chi connectivity index (χ4v) is 1.97. The van der Waals surface area contributed by atoms with Crippen molar-refractivity contribution in [1.29, 1.82) is 0 Å². The topological polar surface area (TPSA) is 38.9 Å². The molecule has 0 bridgehead atoms. The highest BCUT2D eigenvalue weighted by Gasteiger charge is 2.11. The molecule has 1 heterocycles. The summed E-state index contributed by atoms with van der Waals surface area (Å²) in [7, 11) is 0. The van der Waals surface area contributed by atoms with E-state index in [0.29, 0.717) is 11.7 Å². The van der Waals surface area contributed by atoms with Crippen LogP contribution in [-0.2, 0) is 0 Å². The summed E-state index contributed by atoms with van der Waals surface area (Å²) in [4.78, 5) is 4.46. The van der Waals surface area contributed by atoms with Gasteiger partial charge >= 0.3 is 0 Å². The van der Waals surface area contributed by atoms with Crippen LogP contribution < -0.4 is 0 Å². The summed E-state index contributed by atoms with van der Waals surface area (Å²) < 4.78 is 5.34. The molecule has 94 valence electrons. The van der Waals surface area contributed by atoms with Gasteiger partial charge in [-0.2, -0.15) is 4.98 Å². The van der Waals surface area contributed by atoms with Gasteiger partial charge in [-0.05, 0) is 31.5 Å². The molecular weight excluding hydrogens is 236 g/mol. The number of hydrogen-bond donors (Lipinski definition) is 0. The van der Waals surface area contributed by atoms with E-state index in [-0.39, 0.29) is 0 Å². The zero-order chi connectivity index (χ0) is 13.2. The first-order chi connectivity index (χ1) is 9.24. The highest BCUT2D eigenvalue weighted by atomic mass is 16.5. The molecule has 3 nitrogen and oxygen atoms in total. The van der Waals surface area contributed by atoms with E-state index in [2.05, 4.69) is 17.1 Å². The van der Waals surface area contributed by atoms with Crippen LogP contribution in [0, 0.1) is 13.8 Å². The van der Waals surface area contributed by atoms with Crippen molar-refractivity contribution in [3.63, 3.8) is 0 Å². The van der Waals surface area contributed by atoms with E-state index < -0.39 is 0 Å². The zero-order valence-corrected chi connectivity index (χ0v) is 10.9. The number of aromatic nitrogens is 2. The van der Waals surface area contributed by atoms with Crippen LogP contribution in [-0.4, -0.2) is 10.1 Å². The minimum absolute atomic E-state index is 0.554. The molecular formula is C16H14N2O. The second kappa shape index (κ2) is 4.69. The van der Waals surface area contributed by atoms with Crippen molar-refractivity contribution in [3.8, 4) is 22.8 Å². The molecule has 0 saturated carbocycles. The SMILES string of the molecule is Cc1ccc(-c2nc(-c3ccccc3C)no2)cc1. The second-order valence-electron chi connectivity index (χ2n) is 4.60. The van der Waals surface area contributed by atoms with Gasteiger partial charge in [0.2, 0.25) is 5.82 Å². The van der Waals surface area contributed by atoms with Gasteiger partial charge in [0.25, 0.3) is 5.89 Å². The molecule has 1 aromatic heterocycles. The van der Waals surface area contributed by atoms with Crippen LogP contribution in [0.2, 0.25) is 0 Å². The lowest BCUT2D eigenvalue weighted by Gasteiger charge is -1.98. The Morgan fingerprint density at radius 3 is 2.37 bits per heavy atom. The Morgan fingerprint density at radius 1 is 0.895 bits per heavy atom. The first kappa shape index (κ1) is 11.7. The Labute approximate surface area is 111 Å². The van der Waals surface area contributed by atoms with Crippen LogP contribution in [0.5, 0.6) is 0 Å². The van der Waals surface area contributed by atoms with Gasteiger partial charge < -0.3 is 4.52 Å². The molecule has 0 fully saturated rings. The van der Waals surface area contributed by atoms with Gasteiger partial charge in [-0.3, -0.25) is 0 Å². The fraction of sp³-hybridized carbons (Fsp3) is 0.125. The van der Waals surface area contributed by atoms with Gasteiger partial charge in [-0.25, -0.2) is 0 Å². The first-order valence-electron chi connectivity index (χ1n) is 6.21. The van der Waals surface area contributed by atoms with Crippen LogP contribution in [0.3, 0.4) is 0 Å². The van der Waals surface area contributed by atoms with Crippen LogP contribution in [0.1, 0.15) is 11.1 Å². The average molecular weight is 250 g/mol. The van der Waals surface area contributed by atoms with E-state index in [1.54, 1.807) is 0 Å². The van der Waals surface area contributed by atoms with Gasteiger partial charge in [0.05, 0.1) is 0 Å². The fourth-order valence-electron chi connectivity index (χ4n) is 1.97. The molecule has 3 aromatic rings. The predicted molar refractivity (Wildman–Crippen MR) is 74.6 cm³/mol. The lowest BCUT2D eigenvalue weighted by atomic mass is 10.1. The third-order valence-corrected chi connectivity index (χ3v) is 3.11. The predicted octanol–water partition coefficient (Wildman–Crippen LogP) is 4.02. The summed E-state index contributed by atoms with van der Waals surface area (Å²) in [5, 5.41) is 4.06. The maximum atomic E-state index is 5.34. The largest absolute Gasteiger partial charge is 0.334 e. The van der Waals surface area contributed by atoms with Crippen molar-refractivity contribution in [2.45, 2.75) is 13.8 Å². The van der Waals surface area contributed by atoms with Crippen LogP contribution >= 0.6 is 0 Å². The molecule has 3 heteroatoms. The zero-order valence-electron chi connectivity index (χ0n) is 10.9. The van der Waals surface area contributed by atoms with E-state index in [1.807, 2.05) is 55.5 Å². The lowest BCUT2D eigenvalue weighted by molar-refractivity contribution is 0.432. The molecule has 19 heavy (non-hydrogen) atoms. The Kier molecular flexibility index (Phi) is 2.88. The van der Waals surface area contributed by atoms with E-state index in [1.165, 1.54) is 5.56 Å². The van der Waals surface area contributed by atoms with Gasteiger partial charge in [-0.1, -0.05) is 47.1 Å². The summed E-state index contributed by atoms with van der Waals surface area (Å²) in [5.41, 5.74) is 4.30. The van der Waals surface area contributed by atoms with Crippen LogP contribution in [0.4, 0.5) is 0 Å². The number of aryl methyl sites for hydroxylation is 2. The molecule has 0 aliphatic rings. The molecule has 0 unspecified atom stereocenters. The van der Waals surface area contributed by atoms with Crippen molar-refractivity contribution in [3.05, 3.63) is 59.7 Å². The van der Waals surface area contributed by atoms with E-state index in [9.17, 15) is 0 Å². The van der Waals surface area contributed by atoms with E-state index in [0.717, 1.165) is 16.7 Å². The van der Waals surface area contributed by atoms with Crippen LogP contribution in [0.25, 0.3) is 22.8 Å². The maximum absolute atomic E-state index is 5.34. The number of nitrogens with zero attached hydrogens (tertiary/aromatic N) is 2. The summed E-state index contributed by atoms with van der Waals surface area (Å²) in [6.45, 7) is 4.09. The monoisotopic (exact) mass is 250 g/mol. The van der Waals surface area contributed by atoms with Crippen molar-refractivity contribution in [2.75, 3.05) is 0 Å². The van der Waals surface area contributed by atoms with Crippen LogP contribution in [0.15, 0.2) is 53.1 Å². The summed E-state index contributed by atoms with van der Waals surface area (Å²) in [5.74, 6) is 1.19. The van der Waals surface area contributed by atoms with Gasteiger partial charge in [0, 0.05) is 11.1 Å². The highest BCUT2D eigenvalue weighted by Crippen LogP contribution is 2.24. The highest BCUT2D eigenvalue weighted by molar-refractivity contribution is 5.62. The summed E-state index contributed by atoms with van der Waals surface area (Å²) in [6.07, 6.45) is 0. The second-order valence-corrected chi connectivity index (χ2v) is 4.60. The number of benzene rings is 2. The van der Waals surface area contributed by atoms with E-state index >= 15 is 0 Å². The van der Waals surface area contributed by atoms with Crippen molar-refractivity contribution < 1.29 is 4.52 Å². The normalized spacial score (nSPS) is 10.6. The minimum Gasteiger partial charge on any atom is -0.334 e. The van der Waals surface area contributed by atoms with Gasteiger partial charge in [-0.15, -0.1) is 0 Å². The molecule has 0 atom stereocenters. The number of rotatable bonds is 2. The molecule has 2 aromatic carbocycles.